The topological polar surface area (TPSA) is 94.5 Å². The van der Waals surface area contributed by atoms with Gasteiger partial charge in [-0.1, -0.05) is 25.9 Å². The third kappa shape index (κ3) is 3.06. The Kier molecular flexibility index (Phi) is 4.66. The minimum Gasteiger partial charge on any atom is -0.422 e. The van der Waals surface area contributed by atoms with Crippen LogP contribution in [-0.4, -0.2) is 45.9 Å². The molecule has 24 heavy (non-hydrogen) atoms. The molecular formula is C16H22N4O4. The second kappa shape index (κ2) is 6.72. The lowest BCUT2D eigenvalue weighted by atomic mass is 10.1. The summed E-state index contributed by atoms with van der Waals surface area (Å²) in [6, 6.07) is 0. The summed E-state index contributed by atoms with van der Waals surface area (Å²) in [7, 11) is 0. The molecule has 0 aromatic carbocycles. The summed E-state index contributed by atoms with van der Waals surface area (Å²) < 4.78 is 16.6. The van der Waals surface area contributed by atoms with Gasteiger partial charge < -0.3 is 18.6 Å². The molecule has 0 bridgehead atoms. The molecule has 0 N–H and O–H groups in total. The number of morpholine rings is 1. The number of hydrogen-bond acceptors (Lipinski definition) is 7. The smallest absolute Gasteiger partial charge is 0.259 e. The Morgan fingerprint density at radius 3 is 2.83 bits per heavy atom. The first-order chi connectivity index (χ1) is 11.5. The van der Waals surface area contributed by atoms with Crippen LogP contribution in [0.25, 0.3) is 0 Å². The van der Waals surface area contributed by atoms with E-state index >= 15 is 0 Å². The molecule has 1 atom stereocenters. The van der Waals surface area contributed by atoms with Crippen molar-refractivity contribution in [2.75, 3.05) is 19.7 Å². The van der Waals surface area contributed by atoms with E-state index in [-0.39, 0.29) is 11.8 Å². The van der Waals surface area contributed by atoms with Gasteiger partial charge in [0.05, 0.1) is 18.8 Å². The van der Waals surface area contributed by atoms with Crippen molar-refractivity contribution in [3.05, 3.63) is 28.8 Å². The van der Waals surface area contributed by atoms with Crippen molar-refractivity contribution in [1.29, 1.82) is 0 Å². The van der Waals surface area contributed by atoms with Crippen LogP contribution in [0.4, 0.5) is 0 Å². The zero-order chi connectivity index (χ0) is 17.3. The highest BCUT2D eigenvalue weighted by Crippen LogP contribution is 2.25. The molecule has 3 heterocycles. The predicted molar refractivity (Wildman–Crippen MR) is 83.6 cm³/mol. The highest BCUT2D eigenvalue weighted by atomic mass is 16.5. The van der Waals surface area contributed by atoms with Crippen LogP contribution in [0.15, 0.2) is 8.94 Å². The van der Waals surface area contributed by atoms with E-state index in [9.17, 15) is 4.79 Å². The maximum absolute atomic E-state index is 12.9. The summed E-state index contributed by atoms with van der Waals surface area (Å²) in [6.45, 7) is 8.97. The van der Waals surface area contributed by atoms with Crippen LogP contribution in [0.3, 0.4) is 0 Å². The summed E-state index contributed by atoms with van der Waals surface area (Å²) in [5, 5.41) is 12.0. The van der Waals surface area contributed by atoms with Gasteiger partial charge in [0.25, 0.3) is 5.91 Å². The average Bonchev–Trinajstić information content (AvgIpc) is 3.21. The Hall–Kier alpha value is -2.22. The van der Waals surface area contributed by atoms with Gasteiger partial charge in [0.1, 0.15) is 11.3 Å². The van der Waals surface area contributed by atoms with E-state index in [1.165, 1.54) is 0 Å². The highest BCUT2D eigenvalue weighted by molar-refractivity contribution is 5.96. The number of amides is 1. The van der Waals surface area contributed by atoms with Gasteiger partial charge in [-0.25, -0.2) is 0 Å². The number of carbonyl (C=O) groups excluding carboxylic acids is 1. The van der Waals surface area contributed by atoms with Crippen LogP contribution >= 0.6 is 0 Å². The highest BCUT2D eigenvalue weighted by Gasteiger charge is 2.32. The first-order valence-electron chi connectivity index (χ1n) is 8.20. The van der Waals surface area contributed by atoms with E-state index in [0.29, 0.717) is 54.9 Å². The number of aryl methyl sites for hydroxylation is 2. The Labute approximate surface area is 140 Å². The van der Waals surface area contributed by atoms with Crippen LogP contribution < -0.4 is 0 Å². The largest absolute Gasteiger partial charge is 0.422 e. The van der Waals surface area contributed by atoms with Crippen molar-refractivity contribution >= 4 is 5.91 Å². The minimum absolute atomic E-state index is 0.0949. The Morgan fingerprint density at radius 1 is 1.38 bits per heavy atom. The summed E-state index contributed by atoms with van der Waals surface area (Å²) in [5.74, 6) is 1.65. The van der Waals surface area contributed by atoms with E-state index in [4.69, 9.17) is 13.7 Å². The van der Waals surface area contributed by atoms with Gasteiger partial charge in [0, 0.05) is 18.9 Å². The van der Waals surface area contributed by atoms with Crippen LogP contribution in [0.1, 0.15) is 66.4 Å². The maximum atomic E-state index is 12.9. The van der Waals surface area contributed by atoms with Crippen LogP contribution in [0.5, 0.6) is 0 Å². The number of carbonyl (C=O) groups is 1. The Balaban J connectivity index is 1.77. The van der Waals surface area contributed by atoms with Gasteiger partial charge in [-0.15, -0.1) is 10.2 Å². The van der Waals surface area contributed by atoms with Crippen LogP contribution in [0.2, 0.25) is 0 Å². The first-order valence-corrected chi connectivity index (χ1v) is 8.20. The zero-order valence-corrected chi connectivity index (χ0v) is 14.4. The lowest BCUT2D eigenvalue weighted by Crippen LogP contribution is -2.42. The number of hydrogen-bond donors (Lipinski definition) is 0. The quantitative estimate of drug-likeness (QED) is 0.846. The summed E-state index contributed by atoms with van der Waals surface area (Å²) in [4.78, 5) is 14.6. The standard InChI is InChI=1S/C16H22N4O4/c1-5-11-13(10(4)19-24-11)16(21)20-6-7-22-12(8-20)15-18-17-14(23-15)9(2)3/h9,12H,5-8H2,1-4H3/t12-/m1/s1. The summed E-state index contributed by atoms with van der Waals surface area (Å²) in [6.07, 6.45) is 0.213. The van der Waals surface area contributed by atoms with Gasteiger partial charge in [-0.05, 0) is 6.92 Å². The van der Waals surface area contributed by atoms with Gasteiger partial charge in [-0.2, -0.15) is 0 Å². The van der Waals surface area contributed by atoms with Crippen LogP contribution in [0, 0.1) is 6.92 Å². The van der Waals surface area contributed by atoms with E-state index in [0.717, 1.165) is 0 Å². The third-order valence-corrected chi connectivity index (χ3v) is 4.05. The van der Waals surface area contributed by atoms with Gasteiger partial charge in [0.15, 0.2) is 6.10 Å². The summed E-state index contributed by atoms with van der Waals surface area (Å²) in [5.41, 5.74) is 1.16. The Bertz CT molecular complexity index is 721. The first kappa shape index (κ1) is 16.6. The molecule has 1 saturated heterocycles. The molecule has 0 radical (unpaired) electrons. The SMILES string of the molecule is CCc1onc(C)c1C(=O)N1CCO[C@@H](c2nnc(C(C)C)o2)C1. The molecule has 2 aromatic heterocycles. The third-order valence-electron chi connectivity index (χ3n) is 4.05. The van der Waals surface area contributed by atoms with Crippen LogP contribution in [-0.2, 0) is 11.2 Å². The molecule has 2 aromatic rings. The lowest BCUT2D eigenvalue weighted by molar-refractivity contribution is -0.0351. The second-order valence-electron chi connectivity index (χ2n) is 6.16. The monoisotopic (exact) mass is 334 g/mol. The fourth-order valence-electron chi connectivity index (χ4n) is 2.68. The van der Waals surface area contributed by atoms with Crippen molar-refractivity contribution in [3.63, 3.8) is 0 Å². The number of ether oxygens (including phenoxy) is 1. The minimum atomic E-state index is -0.409. The Morgan fingerprint density at radius 2 is 2.17 bits per heavy atom. The molecule has 0 spiro atoms. The molecule has 1 aliphatic heterocycles. The molecule has 8 heteroatoms. The van der Waals surface area contributed by atoms with Crippen molar-refractivity contribution in [1.82, 2.24) is 20.3 Å². The van der Waals surface area contributed by atoms with Gasteiger partial charge in [-0.3, -0.25) is 4.79 Å². The average molecular weight is 334 g/mol. The molecule has 1 amide bonds. The molecule has 0 saturated carbocycles. The fraction of sp³-hybridized carbons (Fsp3) is 0.625. The van der Waals surface area contributed by atoms with E-state index in [1.54, 1.807) is 11.8 Å². The lowest BCUT2D eigenvalue weighted by Gasteiger charge is -2.31. The van der Waals surface area contributed by atoms with Crippen molar-refractivity contribution in [2.45, 2.75) is 46.1 Å². The molecule has 130 valence electrons. The summed E-state index contributed by atoms with van der Waals surface area (Å²) >= 11 is 0. The van der Waals surface area contributed by atoms with Crippen molar-refractivity contribution in [3.8, 4) is 0 Å². The van der Waals surface area contributed by atoms with Crippen molar-refractivity contribution in [2.24, 2.45) is 0 Å². The molecule has 1 aliphatic rings. The molecular weight excluding hydrogens is 312 g/mol. The molecule has 1 fully saturated rings. The molecule has 8 nitrogen and oxygen atoms in total. The molecule has 0 unspecified atom stereocenters. The van der Waals surface area contributed by atoms with Gasteiger partial charge >= 0.3 is 0 Å². The fourth-order valence-corrected chi connectivity index (χ4v) is 2.68. The number of rotatable bonds is 4. The van der Waals surface area contributed by atoms with Gasteiger partial charge in [0.2, 0.25) is 11.8 Å². The predicted octanol–water partition coefficient (Wildman–Crippen LogP) is 2.27. The van der Waals surface area contributed by atoms with E-state index in [2.05, 4.69) is 15.4 Å². The number of aromatic nitrogens is 3. The zero-order valence-electron chi connectivity index (χ0n) is 14.4. The van der Waals surface area contributed by atoms with Crippen molar-refractivity contribution < 1.29 is 18.5 Å². The molecule has 3 rings (SSSR count). The van der Waals surface area contributed by atoms with E-state index < -0.39 is 6.10 Å². The maximum Gasteiger partial charge on any atom is 0.259 e. The second-order valence-corrected chi connectivity index (χ2v) is 6.16. The normalized spacial score (nSPS) is 18.4. The molecule has 0 aliphatic carbocycles. The number of nitrogens with zero attached hydrogens (tertiary/aromatic N) is 4. The van der Waals surface area contributed by atoms with E-state index in [1.807, 2.05) is 20.8 Å².